The number of hydrogen-bond donors (Lipinski definition) is 1. The molecule has 1 aromatic carbocycles. The average molecular weight is 235 g/mol. The van der Waals surface area contributed by atoms with E-state index >= 15 is 0 Å². The largest absolute Gasteiger partial charge is 0.427 e. The molecule has 0 radical (unpaired) electrons. The van der Waals surface area contributed by atoms with E-state index in [1.807, 2.05) is 12.1 Å². The Morgan fingerprint density at radius 2 is 1.88 bits per heavy atom. The predicted molar refractivity (Wildman–Crippen MR) is 65.2 cm³/mol. The Kier molecular flexibility index (Phi) is 3.64. The van der Waals surface area contributed by atoms with Crippen LogP contribution in [0.5, 0.6) is 5.75 Å². The lowest BCUT2D eigenvalue weighted by atomic mass is 10.1. The number of aliphatic hydroxyl groups is 1. The molecule has 4 heteroatoms. The monoisotopic (exact) mass is 235 g/mol. The van der Waals surface area contributed by atoms with Crippen molar-refractivity contribution in [3.05, 3.63) is 24.3 Å². The molecule has 0 spiro atoms. The highest BCUT2D eigenvalue weighted by Gasteiger charge is 2.17. The Balaban J connectivity index is 2.00. The fraction of sp³-hybridized carbons (Fsp3) is 0.462. The van der Waals surface area contributed by atoms with Gasteiger partial charge in [-0.05, 0) is 37.1 Å². The van der Waals surface area contributed by atoms with Gasteiger partial charge in [0.1, 0.15) is 5.75 Å². The molecule has 1 N–H and O–H groups in total. The summed E-state index contributed by atoms with van der Waals surface area (Å²) in [6, 6.07) is 7.47. The minimum Gasteiger partial charge on any atom is -0.427 e. The number of anilines is 1. The molecular weight excluding hydrogens is 218 g/mol. The number of esters is 1. The predicted octanol–water partition coefficient (Wildman–Crippen LogP) is 1.57. The standard InChI is InChI=1S/C13H17NO3/c1-10(15)17-13-4-2-11(3-5-13)14-8-6-12(16)7-9-14/h2-5,12,16H,6-9H2,1H3. The second kappa shape index (κ2) is 5.19. The number of piperidine rings is 1. The first-order chi connectivity index (χ1) is 8.15. The highest BCUT2D eigenvalue weighted by Crippen LogP contribution is 2.22. The third kappa shape index (κ3) is 3.20. The molecule has 92 valence electrons. The minimum absolute atomic E-state index is 0.161. The fourth-order valence-electron chi connectivity index (χ4n) is 2.02. The van der Waals surface area contributed by atoms with Crippen molar-refractivity contribution in [2.75, 3.05) is 18.0 Å². The lowest BCUT2D eigenvalue weighted by Crippen LogP contribution is -2.35. The summed E-state index contributed by atoms with van der Waals surface area (Å²) in [5.41, 5.74) is 1.10. The molecule has 4 nitrogen and oxygen atoms in total. The summed E-state index contributed by atoms with van der Waals surface area (Å²) >= 11 is 0. The van der Waals surface area contributed by atoms with E-state index in [1.165, 1.54) is 6.92 Å². The molecule has 1 aromatic rings. The fourth-order valence-corrected chi connectivity index (χ4v) is 2.02. The van der Waals surface area contributed by atoms with Crippen LogP contribution in [0.3, 0.4) is 0 Å². The van der Waals surface area contributed by atoms with Crippen LogP contribution in [0.4, 0.5) is 5.69 Å². The number of carbonyl (C=O) groups excluding carboxylic acids is 1. The number of benzene rings is 1. The van der Waals surface area contributed by atoms with Crippen LogP contribution in [-0.2, 0) is 4.79 Å². The third-order valence-electron chi connectivity index (χ3n) is 2.93. The summed E-state index contributed by atoms with van der Waals surface area (Å²) in [7, 11) is 0. The summed E-state index contributed by atoms with van der Waals surface area (Å²) in [6.45, 7) is 3.13. The summed E-state index contributed by atoms with van der Waals surface area (Å²) in [5, 5.41) is 9.43. The molecule has 1 aliphatic rings. The molecular formula is C13H17NO3. The topological polar surface area (TPSA) is 49.8 Å². The molecule has 1 heterocycles. The zero-order valence-corrected chi connectivity index (χ0v) is 9.93. The molecule has 0 aromatic heterocycles. The van der Waals surface area contributed by atoms with Gasteiger partial charge in [-0.15, -0.1) is 0 Å². The molecule has 1 saturated heterocycles. The van der Waals surface area contributed by atoms with E-state index in [0.29, 0.717) is 5.75 Å². The van der Waals surface area contributed by atoms with Gasteiger partial charge in [-0.2, -0.15) is 0 Å². The number of carbonyl (C=O) groups is 1. The van der Waals surface area contributed by atoms with Crippen LogP contribution in [0.1, 0.15) is 19.8 Å². The molecule has 0 atom stereocenters. The van der Waals surface area contributed by atoms with Crippen LogP contribution in [-0.4, -0.2) is 30.3 Å². The van der Waals surface area contributed by atoms with Gasteiger partial charge >= 0.3 is 5.97 Å². The van der Waals surface area contributed by atoms with E-state index in [9.17, 15) is 9.90 Å². The maximum Gasteiger partial charge on any atom is 0.308 e. The number of aliphatic hydroxyl groups excluding tert-OH is 1. The normalized spacial score (nSPS) is 16.9. The maximum atomic E-state index is 10.8. The van der Waals surface area contributed by atoms with E-state index in [4.69, 9.17) is 4.74 Å². The zero-order chi connectivity index (χ0) is 12.3. The first-order valence-electron chi connectivity index (χ1n) is 5.86. The number of ether oxygens (including phenoxy) is 1. The molecule has 0 saturated carbocycles. The highest BCUT2D eigenvalue weighted by atomic mass is 16.5. The second-order valence-corrected chi connectivity index (χ2v) is 4.31. The van der Waals surface area contributed by atoms with Crippen molar-refractivity contribution in [3.63, 3.8) is 0 Å². The van der Waals surface area contributed by atoms with Gasteiger partial charge in [0.25, 0.3) is 0 Å². The van der Waals surface area contributed by atoms with Crippen molar-refractivity contribution >= 4 is 11.7 Å². The van der Waals surface area contributed by atoms with E-state index < -0.39 is 0 Å². The highest BCUT2D eigenvalue weighted by molar-refractivity contribution is 5.69. The van der Waals surface area contributed by atoms with Crippen molar-refractivity contribution in [2.24, 2.45) is 0 Å². The third-order valence-corrected chi connectivity index (χ3v) is 2.93. The molecule has 1 aliphatic heterocycles. The molecule has 0 amide bonds. The van der Waals surface area contributed by atoms with Crippen molar-refractivity contribution in [3.8, 4) is 5.75 Å². The van der Waals surface area contributed by atoms with E-state index in [-0.39, 0.29) is 12.1 Å². The van der Waals surface area contributed by atoms with Gasteiger partial charge in [-0.1, -0.05) is 0 Å². The van der Waals surface area contributed by atoms with Crippen LogP contribution in [0, 0.1) is 0 Å². The van der Waals surface area contributed by atoms with Gasteiger partial charge in [0, 0.05) is 25.7 Å². The van der Waals surface area contributed by atoms with Crippen molar-refractivity contribution in [1.82, 2.24) is 0 Å². The van der Waals surface area contributed by atoms with Gasteiger partial charge in [-0.3, -0.25) is 4.79 Å². The second-order valence-electron chi connectivity index (χ2n) is 4.31. The first kappa shape index (κ1) is 11.9. The van der Waals surface area contributed by atoms with Gasteiger partial charge < -0.3 is 14.7 Å². The first-order valence-corrected chi connectivity index (χ1v) is 5.86. The SMILES string of the molecule is CC(=O)Oc1ccc(N2CCC(O)CC2)cc1. The molecule has 0 aliphatic carbocycles. The van der Waals surface area contributed by atoms with E-state index in [1.54, 1.807) is 12.1 Å². The van der Waals surface area contributed by atoms with Gasteiger partial charge in [0.2, 0.25) is 0 Å². The zero-order valence-electron chi connectivity index (χ0n) is 9.93. The number of hydrogen-bond acceptors (Lipinski definition) is 4. The van der Waals surface area contributed by atoms with Crippen LogP contribution in [0.2, 0.25) is 0 Å². The quantitative estimate of drug-likeness (QED) is 0.624. The summed E-state index contributed by atoms with van der Waals surface area (Å²) < 4.78 is 4.98. The summed E-state index contributed by atoms with van der Waals surface area (Å²) in [6.07, 6.45) is 1.46. The number of rotatable bonds is 2. The van der Waals surface area contributed by atoms with Gasteiger partial charge in [0.05, 0.1) is 6.10 Å². The lowest BCUT2D eigenvalue weighted by molar-refractivity contribution is -0.131. The molecule has 0 unspecified atom stereocenters. The van der Waals surface area contributed by atoms with Gasteiger partial charge in [-0.25, -0.2) is 0 Å². The van der Waals surface area contributed by atoms with E-state index in [0.717, 1.165) is 31.6 Å². The smallest absolute Gasteiger partial charge is 0.308 e. The van der Waals surface area contributed by atoms with Crippen LogP contribution in [0.25, 0.3) is 0 Å². The average Bonchev–Trinajstić information content (AvgIpc) is 2.30. The van der Waals surface area contributed by atoms with Crippen molar-refractivity contribution < 1.29 is 14.6 Å². The lowest BCUT2D eigenvalue weighted by Gasteiger charge is -2.31. The van der Waals surface area contributed by atoms with Gasteiger partial charge in [0.15, 0.2) is 0 Å². The molecule has 0 bridgehead atoms. The molecule has 17 heavy (non-hydrogen) atoms. The minimum atomic E-state index is -0.307. The summed E-state index contributed by atoms with van der Waals surface area (Å²) in [4.78, 5) is 13.0. The van der Waals surface area contributed by atoms with Crippen molar-refractivity contribution in [2.45, 2.75) is 25.9 Å². The number of nitrogens with zero attached hydrogens (tertiary/aromatic N) is 1. The summed E-state index contributed by atoms with van der Waals surface area (Å²) in [5.74, 6) is 0.261. The Morgan fingerprint density at radius 3 is 2.41 bits per heavy atom. The Morgan fingerprint density at radius 1 is 1.29 bits per heavy atom. The molecule has 1 fully saturated rings. The maximum absolute atomic E-state index is 10.8. The van der Waals surface area contributed by atoms with E-state index in [2.05, 4.69) is 4.90 Å². The Hall–Kier alpha value is -1.55. The van der Waals surface area contributed by atoms with Crippen LogP contribution >= 0.6 is 0 Å². The van der Waals surface area contributed by atoms with Crippen LogP contribution < -0.4 is 9.64 Å². The van der Waals surface area contributed by atoms with Crippen molar-refractivity contribution in [1.29, 1.82) is 0 Å². The Bertz CT molecular complexity index is 380. The van der Waals surface area contributed by atoms with Crippen LogP contribution in [0.15, 0.2) is 24.3 Å². The molecule has 2 rings (SSSR count). The Labute approximate surface area is 101 Å².